The Labute approximate surface area is 202 Å². The van der Waals surface area contributed by atoms with Crippen molar-refractivity contribution in [2.75, 3.05) is 12.4 Å². The monoisotopic (exact) mass is 462 g/mol. The second kappa shape index (κ2) is 9.88. The Morgan fingerprint density at radius 3 is 2.59 bits per heavy atom. The van der Waals surface area contributed by atoms with Crippen LogP contribution in [0.5, 0.6) is 0 Å². The molecule has 7 heteroatoms. The molecule has 1 aliphatic heterocycles. The Morgan fingerprint density at radius 2 is 1.82 bits per heavy atom. The summed E-state index contributed by atoms with van der Waals surface area (Å²) in [5, 5.41) is 3.62. The Kier molecular flexibility index (Phi) is 6.70. The van der Waals surface area contributed by atoms with Crippen LogP contribution in [0.3, 0.4) is 0 Å². The van der Waals surface area contributed by atoms with Crippen LogP contribution in [0.25, 0.3) is 11.0 Å². The molecule has 0 unspecified atom stereocenters. The van der Waals surface area contributed by atoms with Crippen LogP contribution in [-0.2, 0) is 4.79 Å². The van der Waals surface area contributed by atoms with E-state index in [1.165, 1.54) is 32.1 Å². The highest BCUT2D eigenvalue weighted by atomic mass is 16.2. The van der Waals surface area contributed by atoms with Crippen molar-refractivity contribution >= 4 is 28.7 Å². The van der Waals surface area contributed by atoms with Crippen molar-refractivity contribution in [3.05, 3.63) is 30.5 Å². The van der Waals surface area contributed by atoms with E-state index in [-0.39, 0.29) is 5.91 Å². The van der Waals surface area contributed by atoms with Gasteiger partial charge in [-0.15, -0.1) is 0 Å². The third-order valence-electron chi connectivity index (χ3n) is 8.28. The number of rotatable bonds is 7. The lowest BCUT2D eigenvalue weighted by Gasteiger charge is -2.35. The number of para-hydroxylation sites is 2. The summed E-state index contributed by atoms with van der Waals surface area (Å²) in [6.07, 6.45) is 15.5. The number of amides is 1. The molecule has 3 aliphatic rings. The van der Waals surface area contributed by atoms with Crippen molar-refractivity contribution in [1.29, 1.82) is 0 Å². The van der Waals surface area contributed by atoms with Crippen LogP contribution < -0.4 is 11.1 Å². The number of nitrogens with zero attached hydrogens (tertiary/aromatic N) is 4. The lowest BCUT2D eigenvalue weighted by atomic mass is 9.74. The third-order valence-corrected chi connectivity index (χ3v) is 8.28. The number of hydrogen-bond acceptors (Lipinski definition) is 6. The predicted molar refractivity (Wildman–Crippen MR) is 136 cm³/mol. The van der Waals surface area contributed by atoms with E-state index < -0.39 is 5.54 Å². The molecule has 2 aliphatic carbocycles. The molecule has 3 N–H and O–H groups in total. The summed E-state index contributed by atoms with van der Waals surface area (Å²) in [5.41, 5.74) is 7.30. The molecule has 2 saturated carbocycles. The van der Waals surface area contributed by atoms with E-state index in [1.54, 1.807) is 11.9 Å². The Hall–Kier alpha value is -2.70. The van der Waals surface area contributed by atoms with Crippen molar-refractivity contribution in [3.63, 3.8) is 0 Å². The van der Waals surface area contributed by atoms with Crippen molar-refractivity contribution in [3.8, 4) is 0 Å². The van der Waals surface area contributed by atoms with Gasteiger partial charge in [0.05, 0.1) is 17.2 Å². The highest BCUT2D eigenvalue weighted by molar-refractivity contribution is 6.06. The number of nitrogens with one attached hydrogen (secondary N) is 1. The number of anilines is 1. The molecule has 0 saturated heterocycles. The van der Waals surface area contributed by atoms with Gasteiger partial charge in [0.15, 0.2) is 5.96 Å². The van der Waals surface area contributed by atoms with Crippen molar-refractivity contribution < 1.29 is 4.79 Å². The van der Waals surface area contributed by atoms with Crippen LogP contribution >= 0.6 is 0 Å². The number of aromatic nitrogens is 2. The molecule has 0 spiro atoms. The van der Waals surface area contributed by atoms with Gasteiger partial charge < -0.3 is 11.1 Å². The van der Waals surface area contributed by atoms with Crippen LogP contribution in [-0.4, -0.2) is 45.4 Å². The predicted octanol–water partition coefficient (Wildman–Crippen LogP) is 4.88. The number of likely N-dealkylation sites (N-methyl/N-ethyl adjacent to an activating group) is 1. The summed E-state index contributed by atoms with van der Waals surface area (Å²) >= 11 is 0. The van der Waals surface area contributed by atoms with Gasteiger partial charge in [-0.1, -0.05) is 57.1 Å². The van der Waals surface area contributed by atoms with Crippen LogP contribution in [0.4, 0.5) is 5.82 Å². The molecular formula is C27H38N6O. The first kappa shape index (κ1) is 23.1. The van der Waals surface area contributed by atoms with E-state index in [0.29, 0.717) is 17.9 Å². The number of carbonyl (C=O) groups excluding carboxylic acids is 1. The zero-order chi connectivity index (χ0) is 23.5. The Balaban J connectivity index is 1.26. The molecule has 0 bridgehead atoms. The van der Waals surface area contributed by atoms with Gasteiger partial charge in [-0.25, -0.2) is 9.98 Å². The standard InChI is InChI=1S/C27H38N6O/c1-33-25(34)27(32-26(33)28,15-14-19-8-3-2-4-9-19)17-20-10-7-11-21(16-20)30-24-18-29-22-12-5-6-13-23(22)31-24/h5-6,12-13,18-21H,2-4,7-11,14-17H2,1H3,(H2,28,32)(H,30,31)/t20-,21+,27+/m0/s1. The maximum atomic E-state index is 13.4. The zero-order valence-corrected chi connectivity index (χ0v) is 20.4. The van der Waals surface area contributed by atoms with E-state index in [1.807, 2.05) is 30.5 Å². The average molecular weight is 463 g/mol. The van der Waals surface area contributed by atoms with Gasteiger partial charge >= 0.3 is 0 Å². The van der Waals surface area contributed by atoms with Crippen LogP contribution in [0, 0.1) is 11.8 Å². The minimum absolute atomic E-state index is 0.0938. The first-order valence-electron chi connectivity index (χ1n) is 13.1. The van der Waals surface area contributed by atoms with Gasteiger partial charge in [-0.05, 0) is 56.1 Å². The van der Waals surface area contributed by atoms with Crippen molar-refractivity contribution in [2.24, 2.45) is 22.6 Å². The molecule has 2 heterocycles. The largest absolute Gasteiger partial charge is 0.369 e. The van der Waals surface area contributed by atoms with Gasteiger partial charge in [0.1, 0.15) is 11.4 Å². The normalized spacial score (nSPS) is 28.3. The Bertz CT molecular complexity index is 1050. The van der Waals surface area contributed by atoms with Gasteiger partial charge in [0, 0.05) is 13.1 Å². The summed E-state index contributed by atoms with van der Waals surface area (Å²) in [6, 6.07) is 8.29. The molecule has 182 valence electrons. The minimum Gasteiger partial charge on any atom is -0.369 e. The number of carbonyl (C=O) groups is 1. The summed E-state index contributed by atoms with van der Waals surface area (Å²) in [7, 11) is 1.77. The molecule has 7 nitrogen and oxygen atoms in total. The fourth-order valence-corrected chi connectivity index (χ4v) is 6.40. The fourth-order valence-electron chi connectivity index (χ4n) is 6.40. The van der Waals surface area contributed by atoms with E-state index >= 15 is 0 Å². The SMILES string of the molecule is CN1C(=O)[C@@](CCC2CCCCC2)(C[C@H]2CCC[C@@H](Nc3cnc4ccccc4n3)C2)N=C1N. The molecule has 2 aromatic rings. The highest BCUT2D eigenvalue weighted by Gasteiger charge is 2.48. The maximum Gasteiger partial charge on any atom is 0.257 e. The fraction of sp³-hybridized carbons (Fsp3) is 0.630. The topological polar surface area (TPSA) is 96.5 Å². The minimum atomic E-state index is -0.675. The zero-order valence-electron chi connectivity index (χ0n) is 20.4. The summed E-state index contributed by atoms with van der Waals surface area (Å²) < 4.78 is 0. The van der Waals surface area contributed by atoms with Gasteiger partial charge in [-0.2, -0.15) is 0 Å². The summed E-state index contributed by atoms with van der Waals surface area (Å²) in [6.45, 7) is 0. The molecule has 1 amide bonds. The molecule has 0 radical (unpaired) electrons. The lowest BCUT2D eigenvalue weighted by molar-refractivity contribution is -0.131. The molecule has 2 fully saturated rings. The average Bonchev–Trinajstić information content (AvgIpc) is 3.07. The highest BCUT2D eigenvalue weighted by Crippen LogP contribution is 2.40. The first-order chi connectivity index (χ1) is 16.5. The Morgan fingerprint density at radius 1 is 1.06 bits per heavy atom. The molecule has 34 heavy (non-hydrogen) atoms. The number of fused-ring (bicyclic) bond motifs is 1. The lowest BCUT2D eigenvalue weighted by Crippen LogP contribution is -2.44. The van der Waals surface area contributed by atoms with Gasteiger partial charge in [0.25, 0.3) is 5.91 Å². The summed E-state index contributed by atoms with van der Waals surface area (Å²) in [5.74, 6) is 2.48. The second-order valence-corrected chi connectivity index (χ2v) is 10.7. The molecule has 1 aromatic heterocycles. The third kappa shape index (κ3) is 4.89. The van der Waals surface area contributed by atoms with Gasteiger partial charge in [-0.3, -0.25) is 14.7 Å². The molecule has 1 aromatic carbocycles. The molecule has 5 rings (SSSR count). The van der Waals surface area contributed by atoms with Crippen LogP contribution in [0.15, 0.2) is 35.5 Å². The van der Waals surface area contributed by atoms with Crippen molar-refractivity contribution in [1.82, 2.24) is 14.9 Å². The van der Waals surface area contributed by atoms with Crippen LogP contribution in [0.1, 0.15) is 77.0 Å². The number of nitrogens with two attached hydrogens (primary N) is 1. The number of guanidine groups is 1. The smallest absolute Gasteiger partial charge is 0.257 e. The van der Waals surface area contributed by atoms with Gasteiger partial charge in [0.2, 0.25) is 0 Å². The van der Waals surface area contributed by atoms with Crippen molar-refractivity contribution in [2.45, 2.75) is 88.6 Å². The molecular weight excluding hydrogens is 424 g/mol. The number of aliphatic imine (C=N–C) groups is 1. The quantitative estimate of drug-likeness (QED) is 0.611. The first-order valence-corrected chi connectivity index (χ1v) is 13.1. The van der Waals surface area contributed by atoms with E-state index in [0.717, 1.165) is 67.7 Å². The van der Waals surface area contributed by atoms with E-state index in [9.17, 15) is 4.79 Å². The van der Waals surface area contributed by atoms with E-state index in [4.69, 9.17) is 15.7 Å². The van der Waals surface area contributed by atoms with Crippen LogP contribution in [0.2, 0.25) is 0 Å². The number of hydrogen-bond donors (Lipinski definition) is 2. The summed E-state index contributed by atoms with van der Waals surface area (Å²) in [4.78, 5) is 29.1. The molecule has 3 atom stereocenters. The maximum absolute atomic E-state index is 13.4. The van der Waals surface area contributed by atoms with E-state index in [2.05, 4.69) is 10.3 Å². The second-order valence-electron chi connectivity index (χ2n) is 10.7. The number of benzene rings is 1.